The van der Waals surface area contributed by atoms with Crippen LogP contribution in [0.25, 0.3) is 0 Å². The number of methoxy groups -OCH3 is 1. The van der Waals surface area contributed by atoms with Crippen LogP contribution in [-0.4, -0.2) is 31.2 Å². The van der Waals surface area contributed by atoms with E-state index in [4.69, 9.17) is 15.2 Å². The molecule has 0 aliphatic heterocycles. The molecule has 0 spiro atoms. The fourth-order valence-electron chi connectivity index (χ4n) is 1.63. The number of thiazole rings is 1. The lowest BCUT2D eigenvalue weighted by molar-refractivity contribution is 0.102. The van der Waals surface area contributed by atoms with E-state index in [2.05, 4.69) is 10.3 Å². The molecule has 0 atom stereocenters. The van der Waals surface area contributed by atoms with Crippen LogP contribution in [0.15, 0.2) is 23.6 Å². The van der Waals surface area contributed by atoms with E-state index in [0.717, 1.165) is 0 Å². The first-order valence-corrected chi connectivity index (χ1v) is 7.39. The quantitative estimate of drug-likeness (QED) is 0.761. The molecule has 0 aliphatic carbocycles. The molecule has 0 aliphatic rings. The molecular weight excluding hydrogens is 309 g/mol. The third-order valence-corrected chi connectivity index (χ3v) is 3.56. The largest absolute Gasteiger partial charge is 0.488 e. The summed E-state index contributed by atoms with van der Waals surface area (Å²) in [6.45, 7) is 0.894. The predicted molar refractivity (Wildman–Crippen MR) is 81.7 cm³/mol. The molecule has 2 aromatic rings. The number of carbonyl (C=O) groups excluding carboxylic acids is 1. The van der Waals surface area contributed by atoms with E-state index in [1.54, 1.807) is 11.4 Å². The molecule has 0 fully saturated rings. The number of aromatic nitrogens is 1. The molecule has 22 heavy (non-hydrogen) atoms. The Kier molecular flexibility index (Phi) is 5.82. The lowest BCUT2D eigenvalue weighted by Crippen LogP contribution is -2.13. The number of benzene rings is 1. The van der Waals surface area contributed by atoms with Crippen molar-refractivity contribution in [3.8, 4) is 5.75 Å². The first kappa shape index (κ1) is 16.3. The van der Waals surface area contributed by atoms with Crippen LogP contribution in [0.2, 0.25) is 0 Å². The van der Waals surface area contributed by atoms with E-state index in [9.17, 15) is 9.18 Å². The standard InChI is InChI=1S/C14H16FN3O3S/c1-20-4-5-21-12-3-2-9(6-10(12)15)17-14(19)11-8-22-13(7-16)18-11/h2-3,6,8H,4-5,7,16H2,1H3,(H,17,19). The van der Waals surface area contributed by atoms with Crippen molar-refractivity contribution in [3.63, 3.8) is 0 Å². The molecule has 1 aromatic heterocycles. The summed E-state index contributed by atoms with van der Waals surface area (Å²) in [5.74, 6) is -0.868. The van der Waals surface area contributed by atoms with Gasteiger partial charge in [0.05, 0.1) is 6.61 Å². The van der Waals surface area contributed by atoms with Gasteiger partial charge in [0, 0.05) is 30.8 Å². The number of amides is 1. The fourth-order valence-corrected chi connectivity index (χ4v) is 2.29. The van der Waals surface area contributed by atoms with E-state index in [0.29, 0.717) is 17.3 Å². The Morgan fingerprint density at radius 3 is 2.91 bits per heavy atom. The highest BCUT2D eigenvalue weighted by atomic mass is 32.1. The number of hydrogen-bond acceptors (Lipinski definition) is 6. The van der Waals surface area contributed by atoms with Crippen LogP contribution in [0.5, 0.6) is 5.75 Å². The number of nitrogens with zero attached hydrogens (tertiary/aromatic N) is 1. The molecule has 2 rings (SSSR count). The van der Waals surface area contributed by atoms with Crippen LogP contribution in [0, 0.1) is 5.82 Å². The number of ether oxygens (including phenoxy) is 2. The molecule has 1 amide bonds. The molecule has 1 heterocycles. The monoisotopic (exact) mass is 325 g/mol. The Hall–Kier alpha value is -2.03. The Morgan fingerprint density at radius 2 is 2.27 bits per heavy atom. The topological polar surface area (TPSA) is 86.5 Å². The zero-order chi connectivity index (χ0) is 15.9. The highest BCUT2D eigenvalue weighted by Crippen LogP contribution is 2.21. The van der Waals surface area contributed by atoms with Gasteiger partial charge in [-0.15, -0.1) is 11.3 Å². The third kappa shape index (κ3) is 4.23. The minimum absolute atomic E-state index is 0.106. The normalized spacial score (nSPS) is 10.5. The summed E-state index contributed by atoms with van der Waals surface area (Å²) in [4.78, 5) is 16.0. The van der Waals surface area contributed by atoms with E-state index in [1.165, 1.54) is 30.6 Å². The van der Waals surface area contributed by atoms with Gasteiger partial charge in [0.1, 0.15) is 17.3 Å². The van der Waals surface area contributed by atoms with Crippen molar-refractivity contribution >= 4 is 22.9 Å². The van der Waals surface area contributed by atoms with Gasteiger partial charge in [-0.25, -0.2) is 9.37 Å². The van der Waals surface area contributed by atoms with Crippen molar-refractivity contribution in [1.82, 2.24) is 4.98 Å². The molecule has 0 bridgehead atoms. The van der Waals surface area contributed by atoms with Crippen LogP contribution < -0.4 is 15.8 Å². The highest BCUT2D eigenvalue weighted by Gasteiger charge is 2.12. The van der Waals surface area contributed by atoms with Gasteiger partial charge in [-0.2, -0.15) is 0 Å². The van der Waals surface area contributed by atoms with Gasteiger partial charge in [0.25, 0.3) is 5.91 Å². The minimum Gasteiger partial charge on any atom is -0.488 e. The molecule has 6 nitrogen and oxygen atoms in total. The number of rotatable bonds is 7. The van der Waals surface area contributed by atoms with Gasteiger partial charge in [-0.05, 0) is 12.1 Å². The summed E-state index contributed by atoms with van der Waals surface area (Å²) in [5, 5.41) is 4.85. The summed E-state index contributed by atoms with van der Waals surface area (Å²) in [6.07, 6.45) is 0. The lowest BCUT2D eigenvalue weighted by Gasteiger charge is -2.08. The number of anilines is 1. The van der Waals surface area contributed by atoms with E-state index in [-0.39, 0.29) is 24.6 Å². The zero-order valence-electron chi connectivity index (χ0n) is 12.0. The fraction of sp³-hybridized carbons (Fsp3) is 0.286. The van der Waals surface area contributed by atoms with Crippen molar-refractivity contribution in [2.24, 2.45) is 5.73 Å². The SMILES string of the molecule is COCCOc1ccc(NC(=O)c2csc(CN)n2)cc1F. The van der Waals surface area contributed by atoms with Gasteiger partial charge < -0.3 is 20.5 Å². The van der Waals surface area contributed by atoms with E-state index < -0.39 is 11.7 Å². The lowest BCUT2D eigenvalue weighted by atomic mass is 10.2. The van der Waals surface area contributed by atoms with Crippen LogP contribution in [-0.2, 0) is 11.3 Å². The van der Waals surface area contributed by atoms with Gasteiger partial charge in [-0.1, -0.05) is 0 Å². The molecule has 1 aromatic carbocycles. The summed E-state index contributed by atoms with van der Waals surface area (Å²) in [6, 6.07) is 4.20. The van der Waals surface area contributed by atoms with Crippen molar-refractivity contribution in [2.45, 2.75) is 6.54 Å². The Balaban J connectivity index is 2.00. The van der Waals surface area contributed by atoms with Gasteiger partial charge in [0.2, 0.25) is 0 Å². The maximum absolute atomic E-state index is 13.8. The maximum atomic E-state index is 13.8. The zero-order valence-corrected chi connectivity index (χ0v) is 12.8. The number of hydrogen-bond donors (Lipinski definition) is 2. The van der Waals surface area contributed by atoms with E-state index >= 15 is 0 Å². The maximum Gasteiger partial charge on any atom is 0.275 e. The summed E-state index contributed by atoms with van der Waals surface area (Å²) < 4.78 is 23.9. The molecule has 3 N–H and O–H groups in total. The third-order valence-electron chi connectivity index (χ3n) is 2.69. The Morgan fingerprint density at radius 1 is 1.45 bits per heavy atom. The smallest absolute Gasteiger partial charge is 0.275 e. The number of nitrogens with one attached hydrogen (secondary N) is 1. The first-order chi connectivity index (χ1) is 10.6. The van der Waals surface area contributed by atoms with Gasteiger partial charge in [0.15, 0.2) is 11.6 Å². The predicted octanol–water partition coefficient (Wildman–Crippen LogP) is 2.02. The van der Waals surface area contributed by atoms with E-state index in [1.807, 2.05) is 0 Å². The van der Waals surface area contributed by atoms with Crippen molar-refractivity contribution < 1.29 is 18.7 Å². The Labute approximate surface area is 131 Å². The van der Waals surface area contributed by atoms with Gasteiger partial charge >= 0.3 is 0 Å². The second-order valence-electron chi connectivity index (χ2n) is 4.27. The van der Waals surface area contributed by atoms with Crippen molar-refractivity contribution in [3.05, 3.63) is 40.1 Å². The first-order valence-electron chi connectivity index (χ1n) is 6.51. The van der Waals surface area contributed by atoms with Crippen LogP contribution in [0.3, 0.4) is 0 Å². The van der Waals surface area contributed by atoms with Crippen molar-refractivity contribution in [2.75, 3.05) is 25.6 Å². The molecule has 0 saturated carbocycles. The second-order valence-corrected chi connectivity index (χ2v) is 5.21. The van der Waals surface area contributed by atoms with Gasteiger partial charge in [-0.3, -0.25) is 4.79 Å². The van der Waals surface area contributed by atoms with Crippen LogP contribution >= 0.6 is 11.3 Å². The molecule has 8 heteroatoms. The van der Waals surface area contributed by atoms with Crippen molar-refractivity contribution in [1.29, 1.82) is 0 Å². The molecule has 0 saturated heterocycles. The average Bonchev–Trinajstić information content (AvgIpc) is 2.99. The van der Waals surface area contributed by atoms with Crippen LogP contribution in [0.4, 0.5) is 10.1 Å². The molecular formula is C14H16FN3O3S. The number of carbonyl (C=O) groups is 1. The average molecular weight is 325 g/mol. The summed E-state index contributed by atoms with van der Waals surface area (Å²) >= 11 is 1.30. The van der Waals surface area contributed by atoms with Crippen LogP contribution in [0.1, 0.15) is 15.5 Å². The number of halogens is 1. The Bertz CT molecular complexity index is 648. The second kappa shape index (κ2) is 7.83. The molecule has 0 unspecified atom stereocenters. The summed E-state index contributed by atoms with van der Waals surface area (Å²) in [7, 11) is 1.53. The summed E-state index contributed by atoms with van der Waals surface area (Å²) in [5.41, 5.74) is 6.03. The highest BCUT2D eigenvalue weighted by molar-refractivity contribution is 7.09. The molecule has 118 valence electrons. The number of nitrogens with two attached hydrogens (primary N) is 1. The molecule has 0 radical (unpaired) electrons. The minimum atomic E-state index is -0.560.